The van der Waals surface area contributed by atoms with Crippen molar-refractivity contribution in [1.82, 2.24) is 0 Å². The predicted octanol–water partition coefficient (Wildman–Crippen LogP) is 6.31. The highest BCUT2D eigenvalue weighted by molar-refractivity contribution is 5.84. The molecule has 0 heterocycles. The highest BCUT2D eigenvalue weighted by atomic mass is 19.4. The maximum absolute atomic E-state index is 15.0. The summed E-state index contributed by atoms with van der Waals surface area (Å²) >= 11 is 0. The zero-order valence-electron chi connectivity index (χ0n) is 16.7. The molecule has 0 fully saturated rings. The molecule has 0 N–H and O–H groups in total. The lowest BCUT2D eigenvalue weighted by atomic mass is 9.92. The first-order chi connectivity index (χ1) is 13.4. The lowest BCUT2D eigenvalue weighted by molar-refractivity contribution is -0.143. The van der Waals surface area contributed by atoms with E-state index in [-0.39, 0.29) is 12.2 Å². The average Bonchev–Trinajstić information content (AvgIpc) is 2.64. The molecule has 0 atom stereocenters. The number of rotatable bonds is 8. The largest absolute Gasteiger partial charge is 0.496 e. The third-order valence-corrected chi connectivity index (χ3v) is 4.12. The van der Waals surface area contributed by atoms with Gasteiger partial charge in [0.2, 0.25) is 0 Å². The number of hydrogen-bond acceptors (Lipinski definition) is 3. The Kier molecular flexibility index (Phi) is 8.60. The van der Waals surface area contributed by atoms with Crippen molar-refractivity contribution in [3.8, 4) is 5.75 Å². The van der Waals surface area contributed by atoms with Crippen LogP contribution in [0.2, 0.25) is 0 Å². The van der Waals surface area contributed by atoms with Crippen molar-refractivity contribution in [3.63, 3.8) is 0 Å². The molecule has 3 nitrogen and oxygen atoms in total. The maximum atomic E-state index is 15.0. The van der Waals surface area contributed by atoms with Gasteiger partial charge < -0.3 is 9.47 Å². The molecule has 160 valence electrons. The van der Waals surface area contributed by atoms with Crippen molar-refractivity contribution in [2.75, 3.05) is 13.7 Å². The standard InChI is InChI=1S/C21H23F5O3/c1-6-29-18(27)10-8-16(22)20(23)15(11-13(3)21(24,25)26)19-12(2)7-9-17(28-5)14(19)4/h7,9,11H,3,6,8,10H2,1-2,4-5H3/b15-11-,20-16+. The number of ether oxygens (including phenoxy) is 2. The molecule has 0 aromatic heterocycles. The number of carbonyl (C=O) groups excluding carboxylic acids is 1. The summed E-state index contributed by atoms with van der Waals surface area (Å²) in [5.74, 6) is -3.30. The summed E-state index contributed by atoms with van der Waals surface area (Å²) in [6.07, 6.45) is -5.47. The van der Waals surface area contributed by atoms with Gasteiger partial charge in [0.1, 0.15) is 11.6 Å². The van der Waals surface area contributed by atoms with E-state index in [1.54, 1.807) is 19.9 Å². The van der Waals surface area contributed by atoms with Crippen LogP contribution >= 0.6 is 0 Å². The first-order valence-electron chi connectivity index (χ1n) is 8.76. The highest BCUT2D eigenvalue weighted by Gasteiger charge is 2.32. The Balaban J connectivity index is 3.56. The Morgan fingerprint density at radius 1 is 1.17 bits per heavy atom. The Labute approximate surface area is 166 Å². The normalized spacial score (nSPS) is 13.1. The summed E-state index contributed by atoms with van der Waals surface area (Å²) in [6, 6.07) is 3.10. The zero-order chi connectivity index (χ0) is 22.4. The van der Waals surface area contributed by atoms with Crippen LogP contribution in [0.4, 0.5) is 22.0 Å². The van der Waals surface area contributed by atoms with Crippen LogP contribution < -0.4 is 4.74 Å². The highest BCUT2D eigenvalue weighted by Crippen LogP contribution is 2.39. The minimum Gasteiger partial charge on any atom is -0.496 e. The Hall–Kier alpha value is -2.64. The number of hydrogen-bond donors (Lipinski definition) is 0. The van der Waals surface area contributed by atoms with Crippen molar-refractivity contribution < 1.29 is 36.2 Å². The van der Waals surface area contributed by atoms with E-state index in [2.05, 4.69) is 11.3 Å². The second-order valence-corrected chi connectivity index (χ2v) is 6.19. The third kappa shape index (κ3) is 6.44. The monoisotopic (exact) mass is 418 g/mol. The lowest BCUT2D eigenvalue weighted by Gasteiger charge is -2.17. The first-order valence-corrected chi connectivity index (χ1v) is 8.76. The van der Waals surface area contributed by atoms with Gasteiger partial charge in [-0.1, -0.05) is 12.6 Å². The van der Waals surface area contributed by atoms with E-state index in [0.29, 0.717) is 23.0 Å². The average molecular weight is 418 g/mol. The van der Waals surface area contributed by atoms with Crippen molar-refractivity contribution in [3.05, 3.63) is 58.7 Å². The Morgan fingerprint density at radius 2 is 1.79 bits per heavy atom. The van der Waals surface area contributed by atoms with Crippen LogP contribution in [0, 0.1) is 13.8 Å². The number of benzene rings is 1. The molecule has 29 heavy (non-hydrogen) atoms. The number of allylic oxidation sites excluding steroid dienone is 5. The number of halogens is 5. The number of aryl methyl sites for hydroxylation is 1. The topological polar surface area (TPSA) is 35.5 Å². The molecule has 1 aromatic carbocycles. The summed E-state index contributed by atoms with van der Waals surface area (Å²) in [5, 5.41) is 0. The maximum Gasteiger partial charge on any atom is 0.415 e. The molecule has 0 aliphatic carbocycles. The van der Waals surface area contributed by atoms with Crippen LogP contribution in [-0.4, -0.2) is 25.9 Å². The second kappa shape index (κ2) is 10.2. The predicted molar refractivity (Wildman–Crippen MR) is 101 cm³/mol. The fourth-order valence-corrected chi connectivity index (χ4v) is 2.67. The van der Waals surface area contributed by atoms with E-state index in [9.17, 15) is 26.7 Å². The summed E-state index contributed by atoms with van der Waals surface area (Å²) < 4.78 is 78.2. The second-order valence-electron chi connectivity index (χ2n) is 6.19. The number of alkyl halides is 3. The SMILES string of the molecule is C=C(/C=C(\C(F)=C(/F)CCC(=O)OCC)c1c(C)ccc(OC)c1C)C(F)(F)F. The van der Waals surface area contributed by atoms with Crippen LogP contribution in [0.5, 0.6) is 5.75 Å². The molecule has 0 saturated carbocycles. The van der Waals surface area contributed by atoms with Crippen LogP contribution in [0.1, 0.15) is 36.5 Å². The molecule has 0 aliphatic rings. The fraction of sp³-hybridized carbons (Fsp3) is 0.381. The van der Waals surface area contributed by atoms with Gasteiger partial charge in [0.15, 0.2) is 5.83 Å². The van der Waals surface area contributed by atoms with E-state index in [0.717, 1.165) is 0 Å². The van der Waals surface area contributed by atoms with E-state index in [4.69, 9.17) is 4.74 Å². The third-order valence-electron chi connectivity index (χ3n) is 4.12. The number of carbonyl (C=O) groups is 1. The van der Waals surface area contributed by atoms with Gasteiger partial charge in [0.25, 0.3) is 0 Å². The minimum atomic E-state index is -4.83. The molecule has 0 amide bonds. The molecule has 0 radical (unpaired) electrons. The fourth-order valence-electron chi connectivity index (χ4n) is 2.67. The quantitative estimate of drug-likeness (QED) is 0.282. The van der Waals surface area contributed by atoms with E-state index >= 15 is 0 Å². The molecule has 1 aromatic rings. The molecule has 0 spiro atoms. The van der Waals surface area contributed by atoms with Crippen molar-refractivity contribution in [2.24, 2.45) is 0 Å². The molecule has 8 heteroatoms. The minimum absolute atomic E-state index is 0.0542. The van der Waals surface area contributed by atoms with Crippen LogP contribution in [0.15, 0.2) is 42.0 Å². The van der Waals surface area contributed by atoms with Gasteiger partial charge >= 0.3 is 12.1 Å². The van der Waals surface area contributed by atoms with Crippen molar-refractivity contribution in [1.29, 1.82) is 0 Å². The molecule has 1 rings (SSSR count). The van der Waals surface area contributed by atoms with Crippen molar-refractivity contribution >= 4 is 11.5 Å². The Bertz CT molecular complexity index is 835. The van der Waals surface area contributed by atoms with Gasteiger partial charge in [-0.2, -0.15) is 13.2 Å². The van der Waals surface area contributed by atoms with E-state index < -0.39 is 47.8 Å². The van der Waals surface area contributed by atoms with Gasteiger partial charge in [-0.3, -0.25) is 4.79 Å². The number of esters is 1. The van der Waals surface area contributed by atoms with Crippen molar-refractivity contribution in [2.45, 2.75) is 39.8 Å². The Morgan fingerprint density at radius 3 is 2.31 bits per heavy atom. The van der Waals surface area contributed by atoms with Crippen LogP contribution in [0.25, 0.3) is 5.57 Å². The summed E-state index contributed by atoms with van der Waals surface area (Å²) in [4.78, 5) is 11.4. The van der Waals surface area contributed by atoms with E-state index in [1.807, 2.05) is 0 Å². The molecular weight excluding hydrogens is 395 g/mol. The van der Waals surface area contributed by atoms with Crippen LogP contribution in [0.3, 0.4) is 0 Å². The smallest absolute Gasteiger partial charge is 0.415 e. The molecule has 0 unspecified atom stereocenters. The van der Waals surface area contributed by atoms with Crippen LogP contribution in [-0.2, 0) is 9.53 Å². The van der Waals surface area contributed by atoms with Gasteiger partial charge in [-0.25, -0.2) is 8.78 Å². The number of methoxy groups -OCH3 is 1. The first kappa shape index (κ1) is 24.4. The summed E-state index contributed by atoms with van der Waals surface area (Å²) in [7, 11) is 1.35. The summed E-state index contributed by atoms with van der Waals surface area (Å²) in [6.45, 7) is 7.62. The molecule has 0 bridgehead atoms. The molecule has 0 saturated heterocycles. The molecule has 0 aliphatic heterocycles. The van der Waals surface area contributed by atoms with Gasteiger partial charge in [-0.05, 0) is 49.6 Å². The van der Waals surface area contributed by atoms with Gasteiger partial charge in [-0.15, -0.1) is 0 Å². The lowest BCUT2D eigenvalue weighted by Crippen LogP contribution is -2.10. The van der Waals surface area contributed by atoms with Gasteiger partial charge in [0, 0.05) is 17.6 Å². The van der Waals surface area contributed by atoms with Gasteiger partial charge in [0.05, 0.1) is 20.1 Å². The van der Waals surface area contributed by atoms with E-state index in [1.165, 1.54) is 20.1 Å². The zero-order valence-corrected chi connectivity index (χ0v) is 16.7. The summed E-state index contributed by atoms with van der Waals surface area (Å²) in [5.41, 5.74) is -1.16. The molecular formula is C21H23F5O3.